The Morgan fingerprint density at radius 3 is 2.61 bits per heavy atom. The molecule has 1 amide bonds. The van der Waals surface area contributed by atoms with E-state index in [0.29, 0.717) is 22.5 Å². The zero-order valence-electron chi connectivity index (χ0n) is 17.7. The Morgan fingerprint density at radius 1 is 1.16 bits per heavy atom. The summed E-state index contributed by atoms with van der Waals surface area (Å²) >= 11 is 1.44. The largest absolute Gasteiger partial charge is 0.440 e. The van der Waals surface area contributed by atoms with Crippen LogP contribution in [0.4, 0.5) is 5.13 Å². The van der Waals surface area contributed by atoms with Gasteiger partial charge in [0.25, 0.3) is 5.91 Å². The van der Waals surface area contributed by atoms with Crippen molar-refractivity contribution in [3.8, 4) is 11.5 Å². The molecule has 3 aromatic rings. The monoisotopic (exact) mass is 438 g/mol. The second kappa shape index (κ2) is 8.53. The summed E-state index contributed by atoms with van der Waals surface area (Å²) in [4.78, 5) is 24.5. The molecule has 2 atom stereocenters. The van der Waals surface area contributed by atoms with Crippen molar-refractivity contribution in [2.75, 3.05) is 18.4 Å². The average Bonchev–Trinajstić information content (AvgIpc) is 3.34. The Balaban J connectivity index is 1.29. The highest BCUT2D eigenvalue weighted by molar-refractivity contribution is 7.13. The van der Waals surface area contributed by atoms with E-state index in [2.05, 4.69) is 34.0 Å². The van der Waals surface area contributed by atoms with Gasteiger partial charge >= 0.3 is 0 Å². The van der Waals surface area contributed by atoms with E-state index in [1.54, 1.807) is 0 Å². The van der Waals surface area contributed by atoms with Crippen molar-refractivity contribution in [1.82, 2.24) is 14.9 Å². The van der Waals surface area contributed by atoms with Crippen LogP contribution in [0.1, 0.15) is 54.5 Å². The van der Waals surface area contributed by atoms with Crippen molar-refractivity contribution in [2.24, 2.45) is 0 Å². The number of hydrogen-bond acceptors (Lipinski definition) is 7. The number of carbonyl (C=O) groups excluding carboxylic acids is 1. The molecule has 8 heteroatoms. The fourth-order valence-electron chi connectivity index (χ4n) is 4.06. The van der Waals surface area contributed by atoms with Gasteiger partial charge in [-0.2, -0.15) is 0 Å². The van der Waals surface area contributed by atoms with Crippen molar-refractivity contribution in [3.05, 3.63) is 52.9 Å². The Bertz CT molecular complexity index is 1050. The second-order valence-corrected chi connectivity index (χ2v) is 9.28. The van der Waals surface area contributed by atoms with Gasteiger partial charge in [-0.3, -0.25) is 15.0 Å². The molecule has 2 aliphatic rings. The zero-order chi connectivity index (χ0) is 21.4. The van der Waals surface area contributed by atoms with Gasteiger partial charge in [0.05, 0.1) is 17.9 Å². The molecule has 162 valence electrons. The predicted molar refractivity (Wildman–Crippen MR) is 119 cm³/mol. The number of nitrogens with zero attached hydrogens (tertiary/aromatic N) is 3. The van der Waals surface area contributed by atoms with Crippen molar-refractivity contribution >= 4 is 22.4 Å². The van der Waals surface area contributed by atoms with Crippen LogP contribution in [0.25, 0.3) is 11.5 Å². The van der Waals surface area contributed by atoms with E-state index >= 15 is 0 Å². The highest BCUT2D eigenvalue weighted by atomic mass is 32.1. The lowest BCUT2D eigenvalue weighted by Gasteiger charge is -2.34. The SMILES string of the molecule is CC1CN(Cc2csc(NC(=O)c3nc(-c4ccccc4)oc3C3CC3)n2)CC(C)O1. The first-order valence-corrected chi connectivity index (χ1v) is 11.6. The molecule has 2 aromatic heterocycles. The van der Waals surface area contributed by atoms with Crippen LogP contribution in [0.3, 0.4) is 0 Å². The van der Waals surface area contributed by atoms with E-state index < -0.39 is 0 Å². The van der Waals surface area contributed by atoms with Gasteiger partial charge in [0.2, 0.25) is 5.89 Å². The van der Waals surface area contributed by atoms with Crippen molar-refractivity contribution < 1.29 is 13.9 Å². The second-order valence-electron chi connectivity index (χ2n) is 8.42. The highest BCUT2D eigenvalue weighted by Crippen LogP contribution is 2.43. The molecule has 31 heavy (non-hydrogen) atoms. The molecule has 7 nitrogen and oxygen atoms in total. The molecular formula is C23H26N4O3S. The first-order valence-electron chi connectivity index (χ1n) is 10.7. The predicted octanol–water partition coefficient (Wildman–Crippen LogP) is 4.54. The first-order chi connectivity index (χ1) is 15.0. The minimum atomic E-state index is -0.262. The molecule has 5 rings (SSSR count). The Kier molecular flexibility index (Phi) is 5.60. The highest BCUT2D eigenvalue weighted by Gasteiger charge is 2.34. The number of hydrogen-bond donors (Lipinski definition) is 1. The number of oxazole rings is 1. The quantitative estimate of drug-likeness (QED) is 0.609. The molecule has 2 unspecified atom stereocenters. The standard InChI is InChI=1S/C23H26N4O3S/c1-14-10-27(11-15(2)29-14)12-18-13-31-23(24-18)26-21(28)19-20(16-8-9-16)30-22(25-19)17-6-4-3-5-7-17/h3-7,13-16H,8-12H2,1-2H3,(H,24,26,28). The number of anilines is 1. The summed E-state index contributed by atoms with van der Waals surface area (Å²) < 4.78 is 11.8. The van der Waals surface area contributed by atoms with Crippen LogP contribution >= 0.6 is 11.3 Å². The number of benzene rings is 1. The summed E-state index contributed by atoms with van der Waals surface area (Å²) in [5.74, 6) is 1.19. The fourth-order valence-corrected chi connectivity index (χ4v) is 4.75. The molecule has 1 aliphatic carbocycles. The van der Waals surface area contributed by atoms with E-state index in [-0.39, 0.29) is 24.0 Å². The number of ether oxygens (including phenoxy) is 1. The maximum Gasteiger partial charge on any atom is 0.279 e. The molecule has 2 fully saturated rings. The van der Waals surface area contributed by atoms with Crippen LogP contribution in [0.15, 0.2) is 40.1 Å². The molecule has 3 heterocycles. The Hall–Kier alpha value is -2.55. The van der Waals surface area contributed by atoms with E-state index in [9.17, 15) is 4.79 Å². The first kappa shape index (κ1) is 20.4. The third-order valence-corrected chi connectivity index (χ3v) is 6.30. The van der Waals surface area contributed by atoms with E-state index in [1.165, 1.54) is 11.3 Å². The van der Waals surface area contributed by atoms with Crippen molar-refractivity contribution in [3.63, 3.8) is 0 Å². The van der Waals surface area contributed by atoms with Gasteiger partial charge < -0.3 is 9.15 Å². The lowest BCUT2D eigenvalue weighted by Crippen LogP contribution is -2.44. The molecule has 1 N–H and O–H groups in total. The molecule has 1 aromatic carbocycles. The average molecular weight is 439 g/mol. The normalized spacial score (nSPS) is 21.9. The van der Waals surface area contributed by atoms with Gasteiger partial charge in [0.1, 0.15) is 5.76 Å². The molecular weight excluding hydrogens is 412 g/mol. The van der Waals surface area contributed by atoms with Gasteiger partial charge in [-0.15, -0.1) is 11.3 Å². The smallest absolute Gasteiger partial charge is 0.279 e. The number of amides is 1. The van der Waals surface area contributed by atoms with Gasteiger partial charge in [0.15, 0.2) is 10.8 Å². The third kappa shape index (κ3) is 4.71. The topological polar surface area (TPSA) is 80.5 Å². The number of thiazole rings is 1. The van der Waals surface area contributed by atoms with Crippen LogP contribution in [0, 0.1) is 0 Å². The van der Waals surface area contributed by atoms with Crippen molar-refractivity contribution in [1.29, 1.82) is 0 Å². The third-order valence-electron chi connectivity index (χ3n) is 5.49. The van der Waals surface area contributed by atoms with Gasteiger partial charge in [-0.25, -0.2) is 9.97 Å². The Morgan fingerprint density at radius 2 is 1.90 bits per heavy atom. The van der Waals surface area contributed by atoms with Gasteiger partial charge in [-0.05, 0) is 38.8 Å². The van der Waals surface area contributed by atoms with Crippen molar-refractivity contribution in [2.45, 2.75) is 51.4 Å². The number of morpholine rings is 1. The minimum absolute atomic E-state index is 0.216. The zero-order valence-corrected chi connectivity index (χ0v) is 18.5. The fraction of sp³-hybridized carbons (Fsp3) is 0.435. The number of nitrogens with one attached hydrogen (secondary N) is 1. The molecule has 0 bridgehead atoms. The summed E-state index contributed by atoms with van der Waals surface area (Å²) in [7, 11) is 0. The lowest BCUT2D eigenvalue weighted by molar-refractivity contribution is -0.0707. The number of rotatable bonds is 6. The maximum absolute atomic E-state index is 13.0. The minimum Gasteiger partial charge on any atom is -0.440 e. The van der Waals surface area contributed by atoms with E-state index in [0.717, 1.165) is 43.7 Å². The van der Waals surface area contributed by atoms with Crippen LogP contribution in [-0.2, 0) is 11.3 Å². The molecule has 0 spiro atoms. The Labute approximate surface area is 185 Å². The van der Waals surface area contributed by atoms with Crippen LogP contribution in [0.5, 0.6) is 0 Å². The number of aromatic nitrogens is 2. The molecule has 1 saturated carbocycles. The van der Waals surface area contributed by atoms with Crippen LogP contribution in [-0.4, -0.2) is 46.1 Å². The van der Waals surface area contributed by atoms with E-state index in [4.69, 9.17) is 9.15 Å². The summed E-state index contributed by atoms with van der Waals surface area (Å²) in [5.41, 5.74) is 2.19. The van der Waals surface area contributed by atoms with Gasteiger partial charge in [0, 0.05) is 36.5 Å². The summed E-state index contributed by atoms with van der Waals surface area (Å²) in [5, 5.41) is 5.51. The lowest BCUT2D eigenvalue weighted by atomic mass is 10.2. The molecule has 0 radical (unpaired) electrons. The summed E-state index contributed by atoms with van der Waals surface area (Å²) in [6.07, 6.45) is 2.49. The summed E-state index contributed by atoms with van der Waals surface area (Å²) in [6.45, 7) is 6.70. The maximum atomic E-state index is 13.0. The number of carbonyl (C=O) groups is 1. The van der Waals surface area contributed by atoms with E-state index in [1.807, 2.05) is 35.7 Å². The van der Waals surface area contributed by atoms with Crippen LogP contribution in [0.2, 0.25) is 0 Å². The summed E-state index contributed by atoms with van der Waals surface area (Å²) in [6, 6.07) is 9.68. The van der Waals surface area contributed by atoms with Crippen LogP contribution < -0.4 is 5.32 Å². The molecule has 1 saturated heterocycles. The van der Waals surface area contributed by atoms with Gasteiger partial charge in [-0.1, -0.05) is 18.2 Å². The molecule has 1 aliphatic heterocycles.